The first-order valence-electron chi connectivity index (χ1n) is 7.13. The lowest BCUT2D eigenvalue weighted by Crippen LogP contribution is -2.60. The summed E-state index contributed by atoms with van der Waals surface area (Å²) in [5, 5.41) is 0. The maximum Gasteiger partial charge on any atom is 0.410 e. The quantitative estimate of drug-likeness (QED) is 0.678. The van der Waals surface area contributed by atoms with Gasteiger partial charge in [0.1, 0.15) is 11.6 Å². The highest BCUT2D eigenvalue weighted by molar-refractivity contribution is 5.78. The number of ether oxygens (including phenoxy) is 2. The van der Waals surface area contributed by atoms with E-state index in [9.17, 15) is 9.59 Å². The number of nitrogens with zero attached hydrogens (tertiary/aromatic N) is 2. The summed E-state index contributed by atoms with van der Waals surface area (Å²) in [5.41, 5.74) is -0.523. The van der Waals surface area contributed by atoms with Gasteiger partial charge < -0.3 is 14.4 Å². The van der Waals surface area contributed by atoms with Gasteiger partial charge in [0.15, 0.2) is 0 Å². The molecule has 6 nitrogen and oxygen atoms in total. The van der Waals surface area contributed by atoms with E-state index in [1.807, 2.05) is 20.8 Å². The highest BCUT2D eigenvalue weighted by Gasteiger charge is 2.43. The minimum atomic E-state index is -0.523. The monoisotopic (exact) mass is 284 g/mol. The third-order valence-electron chi connectivity index (χ3n) is 3.77. The molecule has 2 unspecified atom stereocenters. The summed E-state index contributed by atoms with van der Waals surface area (Å²) in [4.78, 5) is 27.9. The third kappa shape index (κ3) is 3.23. The third-order valence-corrected chi connectivity index (χ3v) is 3.77. The van der Waals surface area contributed by atoms with Gasteiger partial charge in [0.25, 0.3) is 0 Å². The lowest BCUT2D eigenvalue weighted by atomic mass is 10.1. The number of rotatable bonds is 1. The molecule has 2 heterocycles. The van der Waals surface area contributed by atoms with Gasteiger partial charge in [0.05, 0.1) is 13.7 Å². The molecule has 2 saturated heterocycles. The molecule has 114 valence electrons. The number of amides is 1. The number of piperazine rings is 1. The van der Waals surface area contributed by atoms with Gasteiger partial charge in [0.2, 0.25) is 0 Å². The molecule has 2 atom stereocenters. The van der Waals surface area contributed by atoms with E-state index in [1.54, 1.807) is 4.90 Å². The van der Waals surface area contributed by atoms with Gasteiger partial charge in [0, 0.05) is 12.6 Å². The van der Waals surface area contributed by atoms with Gasteiger partial charge in [-0.25, -0.2) is 4.79 Å². The number of hydrogen-bond acceptors (Lipinski definition) is 5. The fourth-order valence-electron chi connectivity index (χ4n) is 2.93. The minimum absolute atomic E-state index is 0.236. The Kier molecular flexibility index (Phi) is 4.22. The van der Waals surface area contributed by atoms with Crippen LogP contribution in [0.2, 0.25) is 0 Å². The number of hydrogen-bond donors (Lipinski definition) is 0. The van der Waals surface area contributed by atoms with Crippen molar-refractivity contribution in [2.24, 2.45) is 0 Å². The molecule has 2 aliphatic rings. The molecule has 0 aliphatic carbocycles. The molecule has 20 heavy (non-hydrogen) atoms. The van der Waals surface area contributed by atoms with E-state index in [1.165, 1.54) is 7.11 Å². The number of methoxy groups -OCH3 is 1. The van der Waals surface area contributed by atoms with Crippen molar-refractivity contribution in [1.82, 2.24) is 9.80 Å². The second kappa shape index (κ2) is 5.60. The first-order valence-corrected chi connectivity index (χ1v) is 7.13. The Hall–Kier alpha value is -1.30. The van der Waals surface area contributed by atoms with Crippen molar-refractivity contribution >= 4 is 12.1 Å². The molecule has 0 saturated carbocycles. The Morgan fingerprint density at radius 2 is 1.90 bits per heavy atom. The zero-order valence-electron chi connectivity index (χ0n) is 12.7. The number of fused-ring (bicyclic) bond motifs is 1. The molecule has 0 aromatic rings. The van der Waals surface area contributed by atoms with Crippen LogP contribution in [0.3, 0.4) is 0 Å². The average Bonchev–Trinajstić information content (AvgIpc) is 2.82. The van der Waals surface area contributed by atoms with Crippen LogP contribution in [0.5, 0.6) is 0 Å². The highest BCUT2D eigenvalue weighted by Crippen LogP contribution is 2.27. The van der Waals surface area contributed by atoms with Crippen LogP contribution in [0, 0.1) is 0 Å². The van der Waals surface area contributed by atoms with E-state index in [4.69, 9.17) is 9.47 Å². The van der Waals surface area contributed by atoms with Crippen molar-refractivity contribution in [3.63, 3.8) is 0 Å². The highest BCUT2D eigenvalue weighted by atomic mass is 16.6. The van der Waals surface area contributed by atoms with E-state index < -0.39 is 5.60 Å². The topological polar surface area (TPSA) is 59.1 Å². The van der Waals surface area contributed by atoms with E-state index in [2.05, 4.69) is 4.90 Å². The molecule has 1 amide bonds. The molecule has 0 aromatic heterocycles. The van der Waals surface area contributed by atoms with Crippen LogP contribution in [-0.2, 0) is 14.3 Å². The fourth-order valence-corrected chi connectivity index (χ4v) is 2.93. The number of carbonyl (C=O) groups is 2. The first-order chi connectivity index (χ1) is 9.31. The molecule has 0 aromatic carbocycles. The molecule has 0 N–H and O–H groups in total. The molecular weight excluding hydrogens is 260 g/mol. The Bertz CT molecular complexity index is 391. The molecule has 0 spiro atoms. The van der Waals surface area contributed by atoms with Gasteiger partial charge in [-0.1, -0.05) is 0 Å². The Labute approximate surface area is 120 Å². The van der Waals surface area contributed by atoms with Gasteiger partial charge in [-0.3, -0.25) is 9.69 Å². The Morgan fingerprint density at radius 3 is 2.50 bits per heavy atom. The van der Waals surface area contributed by atoms with Crippen LogP contribution in [0.15, 0.2) is 0 Å². The van der Waals surface area contributed by atoms with Crippen LogP contribution in [0.1, 0.15) is 33.6 Å². The van der Waals surface area contributed by atoms with E-state index in [-0.39, 0.29) is 24.1 Å². The molecule has 2 fully saturated rings. The lowest BCUT2D eigenvalue weighted by Gasteiger charge is -2.42. The largest absolute Gasteiger partial charge is 0.468 e. The second-order valence-corrected chi connectivity index (χ2v) is 6.46. The van der Waals surface area contributed by atoms with Crippen molar-refractivity contribution < 1.29 is 19.1 Å². The number of carbonyl (C=O) groups excluding carboxylic acids is 2. The van der Waals surface area contributed by atoms with Gasteiger partial charge in [-0.15, -0.1) is 0 Å². The number of esters is 1. The van der Waals surface area contributed by atoms with Crippen molar-refractivity contribution in [3.8, 4) is 0 Å². The summed E-state index contributed by atoms with van der Waals surface area (Å²) < 4.78 is 10.3. The molecule has 6 heteroatoms. The predicted molar refractivity (Wildman–Crippen MR) is 73.3 cm³/mol. The molecule has 2 aliphatic heterocycles. The molecule has 2 rings (SSSR count). The molecule has 0 bridgehead atoms. The van der Waals surface area contributed by atoms with Crippen molar-refractivity contribution in [2.75, 3.05) is 26.7 Å². The second-order valence-electron chi connectivity index (χ2n) is 6.46. The molecule has 0 radical (unpaired) electrons. The van der Waals surface area contributed by atoms with Crippen LogP contribution in [0.25, 0.3) is 0 Å². The smallest absolute Gasteiger partial charge is 0.410 e. The SMILES string of the molecule is COC(=O)C1CN(C(=O)OC(C)(C)C)CC2CCCN21. The van der Waals surface area contributed by atoms with Gasteiger partial charge in [-0.2, -0.15) is 0 Å². The van der Waals surface area contributed by atoms with Crippen LogP contribution < -0.4 is 0 Å². The summed E-state index contributed by atoms with van der Waals surface area (Å²) in [6, 6.07) is -0.130. The van der Waals surface area contributed by atoms with Crippen molar-refractivity contribution in [2.45, 2.75) is 51.3 Å². The Morgan fingerprint density at radius 1 is 1.20 bits per heavy atom. The van der Waals surface area contributed by atoms with E-state index in [0.29, 0.717) is 13.1 Å². The molecular formula is C14H24N2O4. The van der Waals surface area contributed by atoms with Crippen LogP contribution in [-0.4, -0.2) is 66.3 Å². The maximum atomic E-state index is 12.2. The fraction of sp³-hybridized carbons (Fsp3) is 0.857. The van der Waals surface area contributed by atoms with Gasteiger partial charge >= 0.3 is 12.1 Å². The van der Waals surface area contributed by atoms with Crippen molar-refractivity contribution in [1.29, 1.82) is 0 Å². The zero-order valence-corrected chi connectivity index (χ0v) is 12.7. The minimum Gasteiger partial charge on any atom is -0.468 e. The summed E-state index contributed by atoms with van der Waals surface area (Å²) in [5.74, 6) is -0.273. The summed E-state index contributed by atoms with van der Waals surface area (Å²) in [6.45, 7) is 7.39. The van der Waals surface area contributed by atoms with E-state index >= 15 is 0 Å². The predicted octanol–water partition coefficient (Wildman–Crippen LogP) is 1.24. The van der Waals surface area contributed by atoms with Crippen LogP contribution in [0.4, 0.5) is 4.79 Å². The van der Waals surface area contributed by atoms with Gasteiger partial charge in [-0.05, 0) is 40.2 Å². The summed E-state index contributed by atoms with van der Waals surface area (Å²) in [7, 11) is 1.39. The van der Waals surface area contributed by atoms with Crippen LogP contribution >= 0.6 is 0 Å². The average molecular weight is 284 g/mol. The maximum absolute atomic E-state index is 12.2. The van der Waals surface area contributed by atoms with Crippen molar-refractivity contribution in [3.05, 3.63) is 0 Å². The summed E-state index contributed by atoms with van der Waals surface area (Å²) >= 11 is 0. The normalized spacial score (nSPS) is 27.1. The Balaban J connectivity index is 2.08. The first kappa shape index (κ1) is 15.1. The standard InChI is InChI=1S/C14H24N2O4/c1-14(2,3)20-13(18)15-8-10-6-5-7-16(10)11(9-15)12(17)19-4/h10-11H,5-9H2,1-4H3. The summed E-state index contributed by atoms with van der Waals surface area (Å²) in [6.07, 6.45) is 1.71. The van der Waals surface area contributed by atoms with E-state index in [0.717, 1.165) is 19.4 Å². The zero-order chi connectivity index (χ0) is 14.9. The lowest BCUT2D eigenvalue weighted by molar-refractivity contribution is -0.150.